The molecule has 9 rings (SSSR count). The number of nitrogens with zero attached hydrogens (tertiary/aromatic N) is 5. The maximum atomic E-state index is 15.6. The summed E-state index contributed by atoms with van der Waals surface area (Å²) in [6, 6.07) is 3.13. The van der Waals surface area contributed by atoms with E-state index in [2.05, 4.69) is 32.1 Å². The summed E-state index contributed by atoms with van der Waals surface area (Å²) < 4.78 is 200. The first-order valence-electron chi connectivity index (χ1n) is 21.3. The fourth-order valence-corrected chi connectivity index (χ4v) is 12.1. The number of sulfonamides is 1. The Bertz CT molecular complexity index is 3280. The van der Waals surface area contributed by atoms with Crippen molar-refractivity contribution in [2.24, 2.45) is 5.92 Å². The average Bonchev–Trinajstić information content (AvgIpc) is 4.08. The second-order valence-corrected chi connectivity index (χ2v) is 23.2. The number of halogens is 11. The lowest BCUT2D eigenvalue weighted by molar-refractivity contribution is -0.142. The van der Waals surface area contributed by atoms with Crippen molar-refractivity contribution < 1.29 is 65.5 Å². The molecule has 2 saturated carbocycles. The predicted octanol–water partition coefficient (Wildman–Crippen LogP) is 8.68. The molecule has 0 radical (unpaired) electrons. The monoisotopic (exact) mass is 1030 g/mol. The van der Waals surface area contributed by atoms with Gasteiger partial charge in [-0.05, 0) is 106 Å². The summed E-state index contributed by atoms with van der Waals surface area (Å²) in [5.41, 5.74) is -3.74. The van der Waals surface area contributed by atoms with Crippen molar-refractivity contribution in [1.29, 1.82) is 0 Å². The second-order valence-electron chi connectivity index (χ2n) is 18.3. The lowest BCUT2D eigenvalue weighted by Crippen LogP contribution is -2.35. The zero-order valence-corrected chi connectivity index (χ0v) is 38.7. The molecule has 4 aliphatic rings. The Morgan fingerprint density at radius 2 is 1.64 bits per heavy atom. The number of carbonyl (C=O) groups excluding carboxylic acids is 1. The number of pyridine rings is 1. The molecule has 69 heavy (non-hydrogen) atoms. The second kappa shape index (κ2) is 16.3. The third kappa shape index (κ3) is 9.02. The molecule has 25 heteroatoms. The molecule has 1 amide bonds. The third-order valence-electron chi connectivity index (χ3n) is 12.7. The Kier molecular flexibility index (Phi) is 11.5. The average molecular weight is 1030 g/mol. The van der Waals surface area contributed by atoms with E-state index in [0.29, 0.717) is 41.1 Å². The Morgan fingerprint density at radius 3 is 2.26 bits per heavy atom. The van der Waals surface area contributed by atoms with Gasteiger partial charge in [-0.1, -0.05) is 23.6 Å². The van der Waals surface area contributed by atoms with Crippen LogP contribution in [-0.4, -0.2) is 69.7 Å². The molecule has 4 aliphatic carbocycles. The van der Waals surface area contributed by atoms with Gasteiger partial charge in [-0.3, -0.25) is 18.9 Å². The van der Waals surface area contributed by atoms with Crippen LogP contribution < -0.4 is 10.0 Å². The van der Waals surface area contributed by atoms with Gasteiger partial charge < -0.3 is 5.32 Å². The van der Waals surface area contributed by atoms with Crippen LogP contribution in [0.25, 0.3) is 22.0 Å². The number of aromatic nitrogens is 5. The fraction of sp³-hybridized carbons (Fsp3) is 0.455. The molecule has 3 atom stereocenters. The summed E-state index contributed by atoms with van der Waals surface area (Å²) in [7, 11) is -8.05. The summed E-state index contributed by atoms with van der Waals surface area (Å²) in [5.74, 6) is -4.78. The minimum atomic E-state index is -5.18. The van der Waals surface area contributed by atoms with Crippen molar-refractivity contribution in [2.45, 2.75) is 112 Å². The quantitative estimate of drug-likeness (QED) is 0.0929. The lowest BCUT2D eigenvalue weighted by Gasteiger charge is -2.25. The largest absolute Gasteiger partial charge is 0.435 e. The van der Waals surface area contributed by atoms with E-state index in [1.54, 1.807) is 0 Å². The van der Waals surface area contributed by atoms with E-state index in [9.17, 15) is 56.8 Å². The number of amides is 1. The van der Waals surface area contributed by atoms with E-state index in [-0.39, 0.29) is 62.4 Å². The highest BCUT2D eigenvalue weighted by molar-refractivity contribution is 7.93. The summed E-state index contributed by atoms with van der Waals surface area (Å²) in [6.45, 7) is -0.263. The van der Waals surface area contributed by atoms with Crippen molar-refractivity contribution in [3.05, 3.63) is 92.0 Å². The van der Waals surface area contributed by atoms with Crippen molar-refractivity contribution in [3.63, 3.8) is 0 Å². The van der Waals surface area contributed by atoms with Crippen LogP contribution in [0.2, 0.25) is 5.02 Å². The Labute approximate surface area is 392 Å². The molecule has 368 valence electrons. The van der Waals surface area contributed by atoms with Crippen LogP contribution >= 0.6 is 11.6 Å². The van der Waals surface area contributed by atoms with Gasteiger partial charge in [-0.2, -0.15) is 45.3 Å². The highest BCUT2D eigenvalue weighted by atomic mass is 35.5. The maximum Gasteiger partial charge on any atom is 0.435 e. The molecule has 1 unspecified atom stereocenters. The Balaban J connectivity index is 1.29. The summed E-state index contributed by atoms with van der Waals surface area (Å²) in [6.07, 6.45) is -8.73. The van der Waals surface area contributed by atoms with Gasteiger partial charge in [0.1, 0.15) is 40.9 Å². The van der Waals surface area contributed by atoms with E-state index in [4.69, 9.17) is 16.6 Å². The number of fused-ring (bicyclic) bond motifs is 5. The summed E-state index contributed by atoms with van der Waals surface area (Å²) in [5, 5.41) is 8.73. The van der Waals surface area contributed by atoms with Crippen LogP contribution in [0.4, 0.5) is 49.7 Å². The van der Waals surface area contributed by atoms with E-state index in [1.807, 2.05) is 0 Å². The number of sulfone groups is 1. The molecule has 2 N–H and O–H groups in total. The first kappa shape index (κ1) is 48.6. The molecule has 3 aromatic heterocycles. The highest BCUT2D eigenvalue weighted by Crippen LogP contribution is 2.68. The molecule has 2 fully saturated rings. The molecule has 5 aromatic rings. The van der Waals surface area contributed by atoms with Gasteiger partial charge in [0.05, 0.1) is 39.2 Å². The Morgan fingerprint density at radius 1 is 0.971 bits per heavy atom. The van der Waals surface area contributed by atoms with Gasteiger partial charge in [0, 0.05) is 28.7 Å². The van der Waals surface area contributed by atoms with Gasteiger partial charge in [0.25, 0.3) is 5.92 Å². The van der Waals surface area contributed by atoms with E-state index in [0.717, 1.165) is 18.4 Å². The van der Waals surface area contributed by atoms with Crippen LogP contribution in [0.15, 0.2) is 30.3 Å². The highest BCUT2D eigenvalue weighted by Gasteiger charge is 2.68. The molecule has 2 aromatic carbocycles. The number of hydrogen-bond donors (Lipinski definition) is 2. The van der Waals surface area contributed by atoms with Gasteiger partial charge in [-0.25, -0.2) is 30.6 Å². The number of carbonyl (C=O) groups is 1. The van der Waals surface area contributed by atoms with Crippen LogP contribution in [0.1, 0.15) is 96.5 Å². The summed E-state index contributed by atoms with van der Waals surface area (Å²) >= 11 is 6.60. The van der Waals surface area contributed by atoms with Crippen molar-refractivity contribution in [1.82, 2.24) is 29.9 Å². The topological polar surface area (TPSA) is 158 Å². The van der Waals surface area contributed by atoms with Crippen LogP contribution in [0, 0.1) is 29.4 Å². The van der Waals surface area contributed by atoms with Gasteiger partial charge in [0.2, 0.25) is 15.9 Å². The Hall–Kier alpha value is -5.41. The molecule has 3 heterocycles. The number of benzene rings is 2. The lowest BCUT2D eigenvalue weighted by atomic mass is 9.88. The zero-order chi connectivity index (χ0) is 50.1. The molecule has 0 saturated heterocycles. The van der Waals surface area contributed by atoms with Gasteiger partial charge >= 0.3 is 12.4 Å². The number of nitrogens with one attached hydrogen (secondary N) is 2. The number of hydrogen-bond acceptors (Lipinski definition) is 8. The first-order valence-corrected chi connectivity index (χ1v) is 25.1. The maximum absolute atomic E-state index is 15.6. The van der Waals surface area contributed by atoms with E-state index >= 15 is 8.78 Å². The van der Waals surface area contributed by atoms with Crippen molar-refractivity contribution in [3.8, 4) is 23.0 Å². The van der Waals surface area contributed by atoms with Crippen LogP contribution in [0.3, 0.4) is 0 Å². The molecule has 0 bridgehead atoms. The normalized spacial score (nSPS) is 19.2. The number of rotatable bonds is 12. The smallest absolute Gasteiger partial charge is 0.346 e. The zero-order valence-electron chi connectivity index (χ0n) is 36.3. The van der Waals surface area contributed by atoms with Crippen molar-refractivity contribution in [2.75, 3.05) is 11.0 Å². The molecule has 0 spiro atoms. The number of alkyl halides is 8. The number of anilines is 1. The van der Waals surface area contributed by atoms with Crippen molar-refractivity contribution >= 4 is 54.1 Å². The minimum Gasteiger partial charge on any atom is -0.346 e. The minimum absolute atomic E-state index is 0.0260. The summed E-state index contributed by atoms with van der Waals surface area (Å²) in [4.78, 5) is 19.1. The molecule has 12 nitrogen and oxygen atoms in total. The third-order valence-corrected chi connectivity index (χ3v) is 16.4. The molecular formula is C44H38ClF10N7O5S2. The van der Waals surface area contributed by atoms with Gasteiger partial charge in [-0.15, -0.1) is 0 Å². The molecular weight excluding hydrogens is 996 g/mol. The first-order chi connectivity index (χ1) is 31.9. The molecule has 0 aliphatic heterocycles. The van der Waals surface area contributed by atoms with Crippen LogP contribution in [-0.2, 0) is 69.1 Å². The van der Waals surface area contributed by atoms with E-state index in [1.165, 1.54) is 26.0 Å². The SMILES string of the molecule is CC(C)(C#Cc1nc([C@H](Cc2cc(F)cc(F)c2)NC(=O)Cn2nc(C(F)(F)F)c3c2C(F)(F)[C@@H]2CC32)c(-c2ccc(Cl)c3c(NS(C)(=O)=O)nn(CC(F)(F)F)c23)c2c1CCC2)S(=O)(=O)C1CC1. The van der Waals surface area contributed by atoms with E-state index < -0.39 is 131 Å². The van der Waals surface area contributed by atoms with Crippen LogP contribution in [0.5, 0.6) is 0 Å². The van der Waals surface area contributed by atoms with Gasteiger partial charge in [0.15, 0.2) is 21.3 Å². The fourth-order valence-electron chi connectivity index (χ4n) is 9.57. The standard InChI is InChI=1S/C44H38ClF10N7O5S2/c1-41(2,69(66,67)23-7-8-23)12-11-30-24-5-4-6-25(24)33(26-9-10-29(45)35-37(26)62(19-42(48,49)50)59-40(35)60-68(3,64)65)36(57-30)31(15-20-13-21(46)16-22(47)14-20)56-32(63)18-61-39-34(38(58-61)44(53,54)55)27-17-28(27)43(39,51)52/h9-10,13-14,16,23,27-28,31H,4-8,15,17-19H2,1-3H3,(H,56,63)(H,59,60)/t27?,28-,31+/m1/s1. The predicted molar refractivity (Wildman–Crippen MR) is 230 cm³/mol.